The Morgan fingerprint density at radius 3 is 2.53 bits per heavy atom. The average Bonchev–Trinajstić information content (AvgIpc) is 2.34. The van der Waals surface area contributed by atoms with Crippen molar-refractivity contribution in [3.8, 4) is 0 Å². The number of aliphatic hydroxyl groups is 1. The topological polar surface area (TPSA) is 44.7 Å². The highest BCUT2D eigenvalue weighted by molar-refractivity contribution is 4.78. The van der Waals surface area contributed by atoms with E-state index in [0.717, 1.165) is 0 Å². The Kier molecular flexibility index (Phi) is 7.06. The Balaban J connectivity index is 2.14. The Labute approximate surface area is 111 Å². The minimum absolute atomic E-state index is 0.132. The van der Waals surface area contributed by atoms with Crippen LogP contribution in [0.15, 0.2) is 0 Å². The molecule has 1 aliphatic heterocycles. The van der Waals surface area contributed by atoms with Crippen molar-refractivity contribution in [2.24, 2.45) is 5.92 Å². The van der Waals surface area contributed by atoms with E-state index in [2.05, 4.69) is 5.32 Å². The molecule has 1 fully saturated rings. The summed E-state index contributed by atoms with van der Waals surface area (Å²) in [5, 5.41) is 12.8. The van der Waals surface area contributed by atoms with Crippen LogP contribution < -0.4 is 5.32 Å². The van der Waals surface area contributed by atoms with E-state index >= 15 is 0 Å². The summed E-state index contributed by atoms with van der Waals surface area (Å²) in [7, 11) is 1.60. The van der Waals surface area contributed by atoms with E-state index in [1.54, 1.807) is 7.11 Å². The third kappa shape index (κ3) is 6.56. The lowest BCUT2D eigenvalue weighted by Gasteiger charge is -2.33. The maximum Gasteiger partial charge on any atom is 0.391 e. The molecule has 4 nitrogen and oxygen atoms in total. The number of ether oxygens (including phenoxy) is 1. The van der Waals surface area contributed by atoms with Crippen LogP contribution in [-0.2, 0) is 4.74 Å². The van der Waals surface area contributed by atoms with Gasteiger partial charge in [-0.15, -0.1) is 0 Å². The first-order valence-corrected chi connectivity index (χ1v) is 6.60. The fourth-order valence-electron chi connectivity index (χ4n) is 2.25. The minimum atomic E-state index is -4.08. The molecule has 0 aromatic heterocycles. The number of methoxy groups -OCH3 is 1. The first-order valence-electron chi connectivity index (χ1n) is 6.60. The second kappa shape index (κ2) is 8.04. The van der Waals surface area contributed by atoms with Crippen LogP contribution in [0.1, 0.15) is 12.8 Å². The number of hydrogen-bond donors (Lipinski definition) is 2. The predicted molar refractivity (Wildman–Crippen MR) is 66.0 cm³/mol. The Morgan fingerprint density at radius 1 is 1.37 bits per heavy atom. The number of rotatable bonds is 7. The van der Waals surface area contributed by atoms with Crippen molar-refractivity contribution in [2.45, 2.75) is 25.1 Å². The highest BCUT2D eigenvalue weighted by Crippen LogP contribution is 2.33. The molecular weight excluding hydrogens is 261 g/mol. The van der Waals surface area contributed by atoms with Gasteiger partial charge in [-0.2, -0.15) is 13.2 Å². The summed E-state index contributed by atoms with van der Waals surface area (Å²) in [6, 6.07) is 0. The van der Waals surface area contributed by atoms with E-state index in [4.69, 9.17) is 4.74 Å². The molecule has 0 aromatic carbocycles. The van der Waals surface area contributed by atoms with E-state index in [-0.39, 0.29) is 12.8 Å². The molecular formula is C12H23F3N2O2. The smallest absolute Gasteiger partial charge is 0.390 e. The maximum absolute atomic E-state index is 12.5. The number of nitrogens with one attached hydrogen (secondary N) is 1. The average molecular weight is 284 g/mol. The van der Waals surface area contributed by atoms with Crippen molar-refractivity contribution in [3.05, 3.63) is 0 Å². The number of nitrogens with zero attached hydrogens (tertiary/aromatic N) is 1. The van der Waals surface area contributed by atoms with E-state index in [0.29, 0.717) is 39.3 Å². The summed E-state index contributed by atoms with van der Waals surface area (Å²) in [6.07, 6.45) is -4.37. The highest BCUT2D eigenvalue weighted by atomic mass is 19.4. The molecule has 0 aromatic rings. The third-order valence-corrected chi connectivity index (χ3v) is 3.38. The quantitative estimate of drug-likeness (QED) is 0.681. The van der Waals surface area contributed by atoms with Gasteiger partial charge in [0.2, 0.25) is 0 Å². The zero-order chi connectivity index (χ0) is 14.3. The molecule has 0 saturated carbocycles. The summed E-state index contributed by atoms with van der Waals surface area (Å²) in [5.41, 5.74) is 0. The van der Waals surface area contributed by atoms with Gasteiger partial charge < -0.3 is 20.1 Å². The third-order valence-electron chi connectivity index (χ3n) is 3.38. The maximum atomic E-state index is 12.5. The van der Waals surface area contributed by atoms with Crippen LogP contribution in [0.2, 0.25) is 0 Å². The molecule has 1 heterocycles. The van der Waals surface area contributed by atoms with Crippen molar-refractivity contribution in [1.29, 1.82) is 0 Å². The van der Waals surface area contributed by atoms with Crippen LogP contribution in [0.25, 0.3) is 0 Å². The molecule has 1 atom stereocenters. The highest BCUT2D eigenvalue weighted by Gasteiger charge is 2.41. The van der Waals surface area contributed by atoms with E-state index < -0.39 is 18.2 Å². The van der Waals surface area contributed by atoms with Crippen molar-refractivity contribution in [3.63, 3.8) is 0 Å². The molecule has 1 unspecified atom stereocenters. The lowest BCUT2D eigenvalue weighted by Crippen LogP contribution is -2.44. The van der Waals surface area contributed by atoms with Crippen LogP contribution in [0.5, 0.6) is 0 Å². The number of β-amino-alcohol motifs (C(OH)–C–C–N with tert-alkyl or cyclic N) is 1. The molecule has 0 bridgehead atoms. The molecule has 1 rings (SSSR count). The second-order valence-electron chi connectivity index (χ2n) is 4.97. The molecule has 7 heteroatoms. The number of likely N-dealkylation sites (tertiary alicyclic amines) is 1. The van der Waals surface area contributed by atoms with Gasteiger partial charge >= 0.3 is 6.18 Å². The predicted octanol–water partition coefficient (Wildman–Crippen LogP) is 0.858. The molecule has 0 amide bonds. The lowest BCUT2D eigenvalue weighted by molar-refractivity contribution is -0.185. The lowest BCUT2D eigenvalue weighted by atomic mass is 9.96. The number of aliphatic hydroxyl groups excluding tert-OH is 1. The van der Waals surface area contributed by atoms with Gasteiger partial charge in [0.25, 0.3) is 0 Å². The fraction of sp³-hybridized carbons (Fsp3) is 1.00. The summed E-state index contributed by atoms with van der Waals surface area (Å²) in [4.78, 5) is 1.89. The van der Waals surface area contributed by atoms with E-state index in [1.165, 1.54) is 0 Å². The molecule has 1 aliphatic rings. The van der Waals surface area contributed by atoms with Gasteiger partial charge in [0, 0.05) is 26.7 Å². The van der Waals surface area contributed by atoms with Crippen LogP contribution in [0.4, 0.5) is 13.2 Å². The van der Waals surface area contributed by atoms with Crippen LogP contribution in [0, 0.1) is 5.92 Å². The van der Waals surface area contributed by atoms with Gasteiger partial charge in [0.15, 0.2) is 0 Å². The zero-order valence-corrected chi connectivity index (χ0v) is 11.2. The van der Waals surface area contributed by atoms with Crippen molar-refractivity contribution in [2.75, 3.05) is 46.4 Å². The monoisotopic (exact) mass is 284 g/mol. The first-order chi connectivity index (χ1) is 8.93. The SMILES string of the molecule is COCCNCC(O)CN1CCC(C(F)(F)F)CC1. The number of halogens is 3. The van der Waals surface area contributed by atoms with Crippen molar-refractivity contribution >= 4 is 0 Å². The van der Waals surface area contributed by atoms with Crippen LogP contribution in [0.3, 0.4) is 0 Å². The summed E-state index contributed by atoms with van der Waals surface area (Å²) >= 11 is 0. The first kappa shape index (κ1) is 16.7. The molecule has 0 spiro atoms. The minimum Gasteiger partial charge on any atom is -0.390 e. The van der Waals surface area contributed by atoms with Gasteiger partial charge in [-0.3, -0.25) is 0 Å². The normalized spacial score (nSPS) is 20.7. The Morgan fingerprint density at radius 2 is 2.00 bits per heavy atom. The summed E-state index contributed by atoms with van der Waals surface area (Å²) in [6.45, 7) is 2.89. The van der Waals surface area contributed by atoms with Gasteiger partial charge in [0.05, 0.1) is 18.6 Å². The second-order valence-corrected chi connectivity index (χ2v) is 4.97. The van der Waals surface area contributed by atoms with E-state index in [9.17, 15) is 18.3 Å². The molecule has 0 radical (unpaired) electrons. The van der Waals surface area contributed by atoms with Crippen molar-refractivity contribution < 1.29 is 23.0 Å². The number of piperidine rings is 1. The van der Waals surface area contributed by atoms with Crippen LogP contribution in [-0.4, -0.2) is 68.7 Å². The zero-order valence-electron chi connectivity index (χ0n) is 11.2. The van der Waals surface area contributed by atoms with Gasteiger partial charge in [-0.1, -0.05) is 0 Å². The fourth-order valence-corrected chi connectivity index (χ4v) is 2.25. The largest absolute Gasteiger partial charge is 0.391 e. The summed E-state index contributed by atoms with van der Waals surface area (Å²) in [5.74, 6) is -1.18. The molecule has 0 aliphatic carbocycles. The molecule has 114 valence electrons. The summed E-state index contributed by atoms with van der Waals surface area (Å²) < 4.78 is 42.3. The standard InChI is InChI=1S/C12H23F3N2O2/c1-19-7-4-16-8-11(18)9-17-5-2-10(3-6-17)12(13,14)15/h10-11,16,18H,2-9H2,1H3. The molecule has 19 heavy (non-hydrogen) atoms. The van der Waals surface area contributed by atoms with Gasteiger partial charge in [-0.05, 0) is 25.9 Å². The molecule has 2 N–H and O–H groups in total. The van der Waals surface area contributed by atoms with Gasteiger partial charge in [0.1, 0.15) is 0 Å². The number of hydrogen-bond acceptors (Lipinski definition) is 4. The van der Waals surface area contributed by atoms with E-state index in [1.807, 2.05) is 4.90 Å². The Hall–Kier alpha value is -0.370. The number of alkyl halides is 3. The Bertz CT molecular complexity index is 244. The van der Waals surface area contributed by atoms with Crippen molar-refractivity contribution in [1.82, 2.24) is 10.2 Å². The van der Waals surface area contributed by atoms with Crippen LogP contribution >= 0.6 is 0 Å². The molecule has 1 saturated heterocycles. The van der Waals surface area contributed by atoms with Gasteiger partial charge in [-0.25, -0.2) is 0 Å².